The minimum absolute atomic E-state index is 0.0630. The molecule has 1 N–H and O–H groups in total. The number of halogens is 1. The molecule has 3 aromatic carbocycles. The summed E-state index contributed by atoms with van der Waals surface area (Å²) in [7, 11) is 4.51. The summed E-state index contributed by atoms with van der Waals surface area (Å²) in [6.07, 6.45) is 0.783. The van der Waals surface area contributed by atoms with E-state index >= 15 is 0 Å². The Morgan fingerprint density at radius 1 is 0.929 bits per heavy atom. The molecule has 0 bridgehead atoms. The number of anilines is 2. The fourth-order valence-corrected chi connectivity index (χ4v) is 6.67. The van der Waals surface area contributed by atoms with Crippen LogP contribution in [-0.4, -0.2) is 33.0 Å². The Hall–Kier alpha value is -4.63. The summed E-state index contributed by atoms with van der Waals surface area (Å²) >= 11 is 1.49. The number of carbonyl (C=O) groups is 2. The summed E-state index contributed by atoms with van der Waals surface area (Å²) in [5, 5.41) is 5.46. The summed E-state index contributed by atoms with van der Waals surface area (Å²) in [5.41, 5.74) is 3.86. The zero-order valence-electron chi connectivity index (χ0n) is 23.3. The van der Waals surface area contributed by atoms with Crippen LogP contribution in [0.15, 0.2) is 89.4 Å². The highest BCUT2D eigenvalue weighted by atomic mass is 32.1. The van der Waals surface area contributed by atoms with E-state index in [-0.39, 0.29) is 29.8 Å². The van der Waals surface area contributed by atoms with Crippen molar-refractivity contribution in [1.82, 2.24) is 0 Å². The molecule has 1 aromatic heterocycles. The van der Waals surface area contributed by atoms with Gasteiger partial charge >= 0.3 is 0 Å². The van der Waals surface area contributed by atoms with E-state index in [2.05, 4.69) is 5.32 Å². The minimum Gasteiger partial charge on any atom is -0.493 e. The van der Waals surface area contributed by atoms with Crippen LogP contribution in [0, 0.1) is 5.82 Å². The molecule has 0 radical (unpaired) electrons. The highest BCUT2D eigenvalue weighted by molar-refractivity contribution is 7.10. The van der Waals surface area contributed by atoms with Gasteiger partial charge in [-0.1, -0.05) is 30.3 Å². The van der Waals surface area contributed by atoms with Gasteiger partial charge in [0, 0.05) is 28.1 Å². The quantitative estimate of drug-likeness (QED) is 0.260. The zero-order chi connectivity index (χ0) is 29.4. The number of Topliss-reactive ketones (excluding diaryl/α,β-unsaturated/α-hetero) is 1. The molecule has 1 amide bonds. The van der Waals surface area contributed by atoms with Gasteiger partial charge in [0.15, 0.2) is 17.3 Å². The first-order chi connectivity index (χ1) is 20.4. The molecule has 1 aliphatic carbocycles. The Bertz CT molecular complexity index is 1660. The van der Waals surface area contributed by atoms with Gasteiger partial charge in [-0.25, -0.2) is 4.39 Å². The van der Waals surface area contributed by atoms with Gasteiger partial charge in [0.05, 0.1) is 32.7 Å². The molecule has 1 aliphatic heterocycles. The number of carbonyl (C=O) groups excluding carboxylic acids is 2. The van der Waals surface area contributed by atoms with E-state index in [9.17, 15) is 14.0 Å². The first kappa shape index (κ1) is 27.5. The van der Waals surface area contributed by atoms with Crippen LogP contribution in [0.4, 0.5) is 15.8 Å². The molecule has 6 rings (SSSR count). The largest absolute Gasteiger partial charge is 0.493 e. The van der Waals surface area contributed by atoms with Gasteiger partial charge in [-0.2, -0.15) is 0 Å². The Labute approximate surface area is 247 Å². The molecule has 42 heavy (non-hydrogen) atoms. The first-order valence-electron chi connectivity index (χ1n) is 13.5. The second kappa shape index (κ2) is 11.3. The highest BCUT2D eigenvalue weighted by Gasteiger charge is 2.42. The van der Waals surface area contributed by atoms with E-state index in [1.165, 1.54) is 44.8 Å². The van der Waals surface area contributed by atoms with Gasteiger partial charge in [-0.05, 0) is 65.7 Å². The average molecular weight is 585 g/mol. The van der Waals surface area contributed by atoms with Gasteiger partial charge in [-0.15, -0.1) is 11.3 Å². The third-order valence-electron chi connectivity index (χ3n) is 7.77. The number of hydrogen-bond acceptors (Lipinski definition) is 7. The van der Waals surface area contributed by atoms with Crippen LogP contribution in [0.25, 0.3) is 0 Å². The molecular formula is C33H29FN2O5S. The number of nitrogens with one attached hydrogen (secondary N) is 1. The third-order valence-corrected chi connectivity index (χ3v) is 8.70. The fraction of sp³-hybridized carbons (Fsp3) is 0.212. The summed E-state index contributed by atoms with van der Waals surface area (Å²) in [6.45, 7) is 0. The first-order valence-corrected chi connectivity index (χ1v) is 14.4. The van der Waals surface area contributed by atoms with Crippen molar-refractivity contribution in [2.24, 2.45) is 0 Å². The Balaban J connectivity index is 1.53. The number of nitrogens with zero attached hydrogens (tertiary/aromatic N) is 1. The molecular weight excluding hydrogens is 555 g/mol. The molecule has 0 fully saturated rings. The van der Waals surface area contributed by atoms with Crippen molar-refractivity contribution >= 4 is 34.4 Å². The lowest BCUT2D eigenvalue weighted by Crippen LogP contribution is -2.38. The second-order valence-electron chi connectivity index (χ2n) is 10.1. The minimum atomic E-state index is -0.676. The molecule has 4 aromatic rings. The van der Waals surface area contributed by atoms with Gasteiger partial charge in [0.1, 0.15) is 11.9 Å². The van der Waals surface area contributed by atoms with Gasteiger partial charge in [-0.3, -0.25) is 14.5 Å². The Morgan fingerprint density at radius 3 is 2.29 bits per heavy atom. The van der Waals surface area contributed by atoms with Crippen molar-refractivity contribution in [3.05, 3.63) is 111 Å². The van der Waals surface area contributed by atoms with E-state index in [0.717, 1.165) is 16.1 Å². The number of rotatable bonds is 6. The number of ether oxygens (including phenoxy) is 3. The predicted molar refractivity (Wildman–Crippen MR) is 160 cm³/mol. The van der Waals surface area contributed by atoms with Gasteiger partial charge < -0.3 is 19.5 Å². The molecule has 0 saturated heterocycles. The molecule has 2 heterocycles. The molecule has 0 spiro atoms. The monoisotopic (exact) mass is 584 g/mol. The Morgan fingerprint density at radius 2 is 1.64 bits per heavy atom. The van der Waals surface area contributed by atoms with E-state index in [4.69, 9.17) is 14.2 Å². The smallest absolute Gasteiger partial charge is 0.259 e. The molecule has 7 nitrogen and oxygen atoms in total. The number of ketones is 1. The Kier molecular flexibility index (Phi) is 7.43. The number of para-hydroxylation sites is 2. The summed E-state index contributed by atoms with van der Waals surface area (Å²) in [6, 6.07) is 20.3. The van der Waals surface area contributed by atoms with Crippen LogP contribution < -0.4 is 24.4 Å². The summed E-state index contributed by atoms with van der Waals surface area (Å²) in [5.74, 6) is 0.244. The SMILES string of the molecule is COc1cc(C(=O)N2c3ccccc3NC3=C(C(=O)C[C@@H](c4ccc(F)cc4)C3)[C@@H]2c2cccs2)cc(OC)c1OC. The predicted octanol–water partition coefficient (Wildman–Crippen LogP) is 7.13. The third kappa shape index (κ3) is 4.79. The standard InChI is InChI=1S/C33H29FN2O5S/c1-39-27-17-21(18-28(40-2)32(27)41-3)33(38)36-25-8-5-4-7-23(25)35-24-15-20(19-10-12-22(34)13-11-19)16-26(37)30(24)31(36)29-9-6-14-42-29/h4-14,17-18,20,31,35H,15-16H2,1-3H3/t20-,31-/m0/s1. The van der Waals surface area contributed by atoms with Crippen LogP contribution >= 0.6 is 11.3 Å². The van der Waals surface area contributed by atoms with Crippen molar-refractivity contribution in [1.29, 1.82) is 0 Å². The number of allylic oxidation sites excluding steroid dienone is 1. The maximum absolute atomic E-state index is 14.6. The second-order valence-corrected chi connectivity index (χ2v) is 11.1. The lowest BCUT2D eigenvalue weighted by atomic mass is 9.79. The number of hydrogen-bond donors (Lipinski definition) is 1. The van der Waals surface area contributed by atoms with Gasteiger partial charge in [0.2, 0.25) is 5.75 Å². The number of benzene rings is 3. The van der Waals surface area contributed by atoms with Crippen molar-refractivity contribution in [3.8, 4) is 17.2 Å². The molecule has 2 aliphatic rings. The lowest BCUT2D eigenvalue weighted by molar-refractivity contribution is -0.116. The van der Waals surface area contributed by atoms with Crippen LogP contribution in [0.3, 0.4) is 0 Å². The van der Waals surface area contributed by atoms with Crippen molar-refractivity contribution in [2.75, 3.05) is 31.5 Å². The maximum atomic E-state index is 14.6. The van der Waals surface area contributed by atoms with Crippen molar-refractivity contribution in [2.45, 2.75) is 24.8 Å². The topological polar surface area (TPSA) is 77.1 Å². The van der Waals surface area contributed by atoms with E-state index < -0.39 is 6.04 Å². The highest BCUT2D eigenvalue weighted by Crippen LogP contribution is 2.49. The number of thiophene rings is 1. The normalized spacial score (nSPS) is 18.0. The van der Waals surface area contributed by atoms with Crippen molar-refractivity contribution in [3.63, 3.8) is 0 Å². The van der Waals surface area contributed by atoms with E-state index in [1.54, 1.807) is 29.2 Å². The number of amides is 1. The van der Waals surface area contributed by atoms with E-state index in [1.807, 2.05) is 41.8 Å². The number of fused-ring (bicyclic) bond motifs is 1. The molecule has 9 heteroatoms. The molecule has 2 atom stereocenters. The summed E-state index contributed by atoms with van der Waals surface area (Å²) in [4.78, 5) is 31.3. The molecule has 0 saturated carbocycles. The fourth-order valence-electron chi connectivity index (χ4n) is 5.84. The maximum Gasteiger partial charge on any atom is 0.259 e. The molecule has 0 unspecified atom stereocenters. The van der Waals surface area contributed by atoms with Crippen molar-refractivity contribution < 1.29 is 28.2 Å². The zero-order valence-corrected chi connectivity index (χ0v) is 24.2. The average Bonchev–Trinajstić information content (AvgIpc) is 3.50. The van der Waals surface area contributed by atoms with Crippen LogP contribution in [0.1, 0.15) is 45.6 Å². The van der Waals surface area contributed by atoms with Crippen LogP contribution in [0.5, 0.6) is 17.2 Å². The van der Waals surface area contributed by atoms with Gasteiger partial charge in [0.25, 0.3) is 5.91 Å². The lowest BCUT2D eigenvalue weighted by Gasteiger charge is -2.34. The summed E-state index contributed by atoms with van der Waals surface area (Å²) < 4.78 is 30.2. The van der Waals surface area contributed by atoms with Crippen LogP contribution in [0.2, 0.25) is 0 Å². The molecule has 214 valence electrons. The van der Waals surface area contributed by atoms with Crippen LogP contribution in [-0.2, 0) is 4.79 Å². The van der Waals surface area contributed by atoms with E-state index in [0.29, 0.717) is 46.2 Å². The number of methoxy groups -OCH3 is 3.